The third-order valence-corrected chi connectivity index (χ3v) is 1.56. The van der Waals surface area contributed by atoms with Crippen LogP contribution in [0, 0.1) is 0 Å². The molecule has 0 atom stereocenters. The summed E-state index contributed by atoms with van der Waals surface area (Å²) in [5, 5.41) is 0. The molecule has 3 heteroatoms. The summed E-state index contributed by atoms with van der Waals surface area (Å²) in [7, 11) is 1.36. The van der Waals surface area contributed by atoms with Gasteiger partial charge in [0.2, 0.25) is 0 Å². The molecule has 0 spiro atoms. The van der Waals surface area contributed by atoms with Gasteiger partial charge in [-0.3, -0.25) is 4.98 Å². The van der Waals surface area contributed by atoms with E-state index in [0.29, 0.717) is 5.57 Å². The van der Waals surface area contributed by atoms with E-state index in [1.54, 1.807) is 19.2 Å². The second kappa shape index (κ2) is 4.40. The number of esters is 1. The average molecular weight is 177 g/mol. The van der Waals surface area contributed by atoms with Gasteiger partial charge in [0.05, 0.1) is 12.8 Å². The van der Waals surface area contributed by atoms with Crippen molar-refractivity contribution in [2.75, 3.05) is 7.11 Å². The zero-order valence-electron chi connectivity index (χ0n) is 7.65. The molecule has 0 amide bonds. The number of hydrogen-bond acceptors (Lipinski definition) is 3. The summed E-state index contributed by atoms with van der Waals surface area (Å²) >= 11 is 0. The Morgan fingerprint density at radius 1 is 1.54 bits per heavy atom. The van der Waals surface area contributed by atoms with Crippen LogP contribution >= 0.6 is 0 Å². The zero-order valence-corrected chi connectivity index (χ0v) is 7.65. The summed E-state index contributed by atoms with van der Waals surface area (Å²) in [6.07, 6.45) is 3.36. The molecule has 13 heavy (non-hydrogen) atoms. The van der Waals surface area contributed by atoms with Crippen molar-refractivity contribution in [2.24, 2.45) is 0 Å². The van der Waals surface area contributed by atoms with E-state index in [-0.39, 0.29) is 5.97 Å². The molecule has 1 rings (SSSR count). The van der Waals surface area contributed by atoms with E-state index in [9.17, 15) is 4.79 Å². The highest BCUT2D eigenvalue weighted by atomic mass is 16.5. The largest absolute Gasteiger partial charge is 0.466 e. The monoisotopic (exact) mass is 177 g/mol. The Balaban J connectivity index is 2.83. The molecule has 0 radical (unpaired) electrons. The lowest BCUT2D eigenvalue weighted by atomic mass is 10.2. The Morgan fingerprint density at radius 2 is 2.31 bits per heavy atom. The van der Waals surface area contributed by atoms with Crippen LogP contribution in [-0.2, 0) is 9.53 Å². The predicted molar refractivity (Wildman–Crippen MR) is 49.9 cm³/mol. The molecular formula is C10H11NO2. The van der Waals surface area contributed by atoms with Crippen LogP contribution in [0.3, 0.4) is 0 Å². The van der Waals surface area contributed by atoms with Crippen molar-refractivity contribution in [3.63, 3.8) is 0 Å². The molecular weight excluding hydrogens is 166 g/mol. The van der Waals surface area contributed by atoms with Crippen molar-refractivity contribution in [1.82, 2.24) is 4.98 Å². The van der Waals surface area contributed by atoms with E-state index < -0.39 is 0 Å². The minimum Gasteiger partial charge on any atom is -0.466 e. The molecule has 0 saturated carbocycles. The van der Waals surface area contributed by atoms with Gasteiger partial charge in [0.1, 0.15) is 0 Å². The number of rotatable bonds is 2. The molecule has 0 aliphatic carbocycles. The number of pyridine rings is 1. The highest BCUT2D eigenvalue weighted by molar-refractivity contribution is 5.92. The molecule has 1 heterocycles. The predicted octanol–water partition coefficient (Wildman–Crippen LogP) is 1.66. The fourth-order valence-corrected chi connectivity index (χ4v) is 0.903. The minimum absolute atomic E-state index is 0.328. The summed E-state index contributed by atoms with van der Waals surface area (Å²) in [6.45, 7) is 1.69. The quantitative estimate of drug-likeness (QED) is 0.509. The normalized spacial score (nSPS) is 11.1. The van der Waals surface area contributed by atoms with E-state index in [1.165, 1.54) is 7.11 Å². The molecule has 3 nitrogen and oxygen atoms in total. The lowest BCUT2D eigenvalue weighted by molar-refractivity contribution is -0.135. The SMILES string of the molecule is COC(=O)C(C)=Cc1ccccn1. The number of aromatic nitrogens is 1. The topological polar surface area (TPSA) is 39.2 Å². The third kappa shape index (κ3) is 2.71. The number of carbonyl (C=O) groups is 1. The van der Waals surface area contributed by atoms with Gasteiger partial charge in [-0.2, -0.15) is 0 Å². The van der Waals surface area contributed by atoms with Crippen molar-refractivity contribution in [2.45, 2.75) is 6.92 Å². The Bertz CT molecular complexity index is 317. The molecule has 0 unspecified atom stereocenters. The van der Waals surface area contributed by atoms with Crippen molar-refractivity contribution < 1.29 is 9.53 Å². The van der Waals surface area contributed by atoms with E-state index >= 15 is 0 Å². The molecule has 1 aromatic heterocycles. The molecule has 0 N–H and O–H groups in total. The zero-order chi connectivity index (χ0) is 9.68. The molecule has 0 aliphatic heterocycles. The van der Waals surface area contributed by atoms with Crippen LogP contribution in [0.1, 0.15) is 12.6 Å². The number of hydrogen-bond donors (Lipinski definition) is 0. The number of nitrogens with zero attached hydrogens (tertiary/aromatic N) is 1. The standard InChI is InChI=1S/C10H11NO2/c1-8(10(12)13-2)7-9-5-3-4-6-11-9/h3-7H,1-2H3. The Morgan fingerprint density at radius 3 is 2.85 bits per heavy atom. The number of methoxy groups -OCH3 is 1. The van der Waals surface area contributed by atoms with Gasteiger partial charge >= 0.3 is 5.97 Å². The number of ether oxygens (including phenoxy) is 1. The van der Waals surface area contributed by atoms with Gasteiger partial charge in [-0.1, -0.05) is 6.07 Å². The molecule has 0 bridgehead atoms. The van der Waals surface area contributed by atoms with Crippen molar-refractivity contribution in [1.29, 1.82) is 0 Å². The van der Waals surface area contributed by atoms with Gasteiger partial charge < -0.3 is 4.74 Å². The highest BCUT2D eigenvalue weighted by Crippen LogP contribution is 2.03. The van der Waals surface area contributed by atoms with Gasteiger partial charge in [-0.15, -0.1) is 0 Å². The maximum absolute atomic E-state index is 11.0. The van der Waals surface area contributed by atoms with Gasteiger partial charge in [0.25, 0.3) is 0 Å². The molecule has 0 fully saturated rings. The molecule has 0 saturated heterocycles. The van der Waals surface area contributed by atoms with Gasteiger partial charge in [0.15, 0.2) is 0 Å². The van der Waals surface area contributed by atoms with E-state index in [2.05, 4.69) is 9.72 Å². The first-order valence-corrected chi connectivity index (χ1v) is 3.91. The van der Waals surface area contributed by atoms with Crippen molar-refractivity contribution in [3.05, 3.63) is 35.7 Å². The van der Waals surface area contributed by atoms with Crippen LogP contribution in [0.5, 0.6) is 0 Å². The smallest absolute Gasteiger partial charge is 0.333 e. The van der Waals surface area contributed by atoms with Crippen molar-refractivity contribution >= 4 is 12.0 Å². The Labute approximate surface area is 77.1 Å². The van der Waals surface area contributed by atoms with Crippen LogP contribution in [0.2, 0.25) is 0 Å². The summed E-state index contributed by atoms with van der Waals surface area (Å²) < 4.78 is 4.55. The lowest BCUT2D eigenvalue weighted by Crippen LogP contribution is -2.01. The van der Waals surface area contributed by atoms with Gasteiger partial charge in [0, 0.05) is 11.8 Å². The Hall–Kier alpha value is -1.64. The van der Waals surface area contributed by atoms with Gasteiger partial charge in [-0.05, 0) is 25.1 Å². The van der Waals surface area contributed by atoms with Crippen molar-refractivity contribution in [3.8, 4) is 0 Å². The molecule has 1 aromatic rings. The Kier molecular flexibility index (Phi) is 3.20. The van der Waals surface area contributed by atoms with Crippen LogP contribution in [0.25, 0.3) is 6.08 Å². The average Bonchev–Trinajstić information content (AvgIpc) is 2.18. The molecule has 0 aliphatic rings. The summed E-state index contributed by atoms with van der Waals surface area (Å²) in [6, 6.07) is 5.51. The first kappa shape index (κ1) is 9.45. The van der Waals surface area contributed by atoms with Crippen LogP contribution < -0.4 is 0 Å². The van der Waals surface area contributed by atoms with E-state index in [1.807, 2.05) is 18.2 Å². The maximum atomic E-state index is 11.0. The minimum atomic E-state index is -0.328. The van der Waals surface area contributed by atoms with E-state index in [0.717, 1.165) is 5.69 Å². The third-order valence-electron chi connectivity index (χ3n) is 1.56. The summed E-state index contributed by atoms with van der Waals surface area (Å²) in [4.78, 5) is 15.0. The lowest BCUT2D eigenvalue weighted by Gasteiger charge is -1.97. The fourth-order valence-electron chi connectivity index (χ4n) is 0.903. The molecule has 0 aromatic carbocycles. The summed E-state index contributed by atoms with van der Waals surface area (Å²) in [5.41, 5.74) is 1.30. The first-order valence-electron chi connectivity index (χ1n) is 3.91. The van der Waals surface area contributed by atoms with Crippen LogP contribution in [0.4, 0.5) is 0 Å². The second-order valence-corrected chi connectivity index (χ2v) is 2.57. The molecule has 68 valence electrons. The van der Waals surface area contributed by atoms with E-state index in [4.69, 9.17) is 0 Å². The van der Waals surface area contributed by atoms with Gasteiger partial charge in [-0.25, -0.2) is 4.79 Å². The number of carbonyl (C=O) groups excluding carboxylic acids is 1. The highest BCUT2D eigenvalue weighted by Gasteiger charge is 2.02. The first-order chi connectivity index (χ1) is 6.24. The van der Waals surface area contributed by atoms with Crippen LogP contribution in [0.15, 0.2) is 30.0 Å². The maximum Gasteiger partial charge on any atom is 0.333 e. The fraction of sp³-hybridized carbons (Fsp3) is 0.200. The second-order valence-electron chi connectivity index (χ2n) is 2.57. The van der Waals surface area contributed by atoms with Crippen LogP contribution in [-0.4, -0.2) is 18.1 Å². The summed E-state index contributed by atoms with van der Waals surface area (Å²) in [5.74, 6) is -0.328.